The first-order valence-electron chi connectivity index (χ1n) is 9.70. The van der Waals surface area contributed by atoms with Crippen molar-refractivity contribution in [2.45, 2.75) is 20.3 Å². The number of hydrogen-bond donors (Lipinski definition) is 2. The lowest BCUT2D eigenvalue weighted by atomic mass is 9.87. The van der Waals surface area contributed by atoms with Crippen LogP contribution < -0.4 is 10.1 Å². The van der Waals surface area contributed by atoms with Gasteiger partial charge in [0, 0.05) is 24.4 Å². The molecule has 0 saturated carbocycles. The van der Waals surface area contributed by atoms with Gasteiger partial charge in [0.1, 0.15) is 11.5 Å². The van der Waals surface area contributed by atoms with Gasteiger partial charge in [-0.3, -0.25) is 0 Å². The Morgan fingerprint density at radius 3 is 2.21 bits per heavy atom. The van der Waals surface area contributed by atoms with Gasteiger partial charge < -0.3 is 15.2 Å². The summed E-state index contributed by atoms with van der Waals surface area (Å²) in [6.07, 6.45) is 0.886. The lowest BCUT2D eigenvalue weighted by Gasteiger charge is -2.20. The molecule has 3 aromatic carbocycles. The van der Waals surface area contributed by atoms with Crippen molar-refractivity contribution in [3.63, 3.8) is 0 Å². The first-order valence-corrected chi connectivity index (χ1v) is 9.70. The molecule has 0 aliphatic rings. The second-order valence-corrected chi connectivity index (χ2v) is 6.51. The molecule has 3 heteroatoms. The van der Waals surface area contributed by atoms with Crippen LogP contribution >= 0.6 is 0 Å². The maximum atomic E-state index is 9.77. The Hall–Kier alpha value is -3.20. The van der Waals surface area contributed by atoms with Crippen molar-refractivity contribution in [3.8, 4) is 11.5 Å². The van der Waals surface area contributed by atoms with Crippen molar-refractivity contribution in [3.05, 3.63) is 89.5 Å². The minimum atomic E-state index is 0.265. The molecule has 0 bridgehead atoms. The van der Waals surface area contributed by atoms with Crippen molar-refractivity contribution >= 4 is 16.8 Å². The van der Waals surface area contributed by atoms with E-state index in [-0.39, 0.29) is 5.75 Å². The number of aromatic hydroxyl groups is 1. The zero-order chi connectivity index (χ0) is 19.9. The lowest BCUT2D eigenvalue weighted by molar-refractivity contribution is 0.340. The largest absolute Gasteiger partial charge is 0.508 e. The van der Waals surface area contributed by atoms with E-state index in [4.69, 9.17) is 4.74 Å². The molecule has 28 heavy (non-hydrogen) atoms. The average molecular weight is 373 g/mol. The number of allylic oxidation sites excluding steroid dienone is 1. The van der Waals surface area contributed by atoms with Crippen LogP contribution in [0.4, 0.5) is 5.69 Å². The number of hydrogen-bond acceptors (Lipinski definition) is 3. The first-order chi connectivity index (χ1) is 13.7. The summed E-state index contributed by atoms with van der Waals surface area (Å²) < 4.78 is 5.69. The Labute approximate surface area is 167 Å². The minimum Gasteiger partial charge on any atom is -0.508 e. The highest BCUT2D eigenvalue weighted by Crippen LogP contribution is 2.39. The monoisotopic (exact) mass is 373 g/mol. The number of phenols is 1. The summed E-state index contributed by atoms with van der Waals surface area (Å²) in [5.74, 6) is 1.11. The fraction of sp³-hybridized carbons (Fsp3) is 0.200. The third kappa shape index (κ3) is 4.20. The van der Waals surface area contributed by atoms with Crippen molar-refractivity contribution in [2.24, 2.45) is 0 Å². The van der Waals surface area contributed by atoms with Gasteiger partial charge in [0.05, 0.1) is 6.61 Å². The van der Waals surface area contributed by atoms with Crippen molar-refractivity contribution in [1.29, 1.82) is 0 Å². The molecule has 0 heterocycles. The third-order valence-corrected chi connectivity index (χ3v) is 4.77. The SMILES string of the molecule is CCOc1ccc(C(=C(CC)c2ccccc2)c2ccc(O)cc2)c(NC)c1. The van der Waals surface area contributed by atoms with E-state index in [2.05, 4.69) is 42.6 Å². The van der Waals surface area contributed by atoms with Crippen LogP contribution in [-0.4, -0.2) is 18.8 Å². The maximum absolute atomic E-state index is 9.77. The molecule has 3 rings (SSSR count). The Morgan fingerprint density at radius 1 is 0.893 bits per heavy atom. The van der Waals surface area contributed by atoms with E-state index in [9.17, 15) is 5.11 Å². The quantitative estimate of drug-likeness (QED) is 0.484. The molecule has 0 amide bonds. The summed E-state index contributed by atoms with van der Waals surface area (Å²) in [5.41, 5.74) is 6.80. The van der Waals surface area contributed by atoms with E-state index in [1.54, 1.807) is 12.1 Å². The predicted octanol–water partition coefficient (Wildman–Crippen LogP) is 6.20. The molecule has 0 aliphatic heterocycles. The van der Waals surface area contributed by atoms with Crippen LogP contribution in [0.3, 0.4) is 0 Å². The summed E-state index contributed by atoms with van der Waals surface area (Å²) in [6, 6.07) is 24.0. The molecule has 144 valence electrons. The van der Waals surface area contributed by atoms with Crippen LogP contribution in [0.5, 0.6) is 11.5 Å². The molecule has 0 radical (unpaired) electrons. The van der Waals surface area contributed by atoms with E-state index >= 15 is 0 Å². The van der Waals surface area contributed by atoms with Crippen LogP contribution in [0.15, 0.2) is 72.8 Å². The van der Waals surface area contributed by atoms with Crippen molar-refractivity contribution < 1.29 is 9.84 Å². The zero-order valence-electron chi connectivity index (χ0n) is 16.7. The van der Waals surface area contributed by atoms with Gasteiger partial charge in [-0.25, -0.2) is 0 Å². The summed E-state index contributed by atoms with van der Waals surface area (Å²) >= 11 is 0. The minimum absolute atomic E-state index is 0.265. The van der Waals surface area contributed by atoms with E-state index in [1.807, 2.05) is 44.3 Å². The van der Waals surface area contributed by atoms with Gasteiger partial charge in [0.15, 0.2) is 0 Å². The molecule has 0 atom stereocenters. The van der Waals surface area contributed by atoms with Gasteiger partial charge in [-0.1, -0.05) is 49.4 Å². The Bertz CT molecular complexity index is 944. The van der Waals surface area contributed by atoms with Crippen molar-refractivity contribution in [2.75, 3.05) is 19.0 Å². The standard InChI is InChI=1S/C25H27NO2/c1-4-22(18-9-7-6-8-10-18)25(19-11-13-20(27)14-12-19)23-16-15-21(28-5-2)17-24(23)26-3/h6-17,26-27H,4-5H2,1-3H3. The highest BCUT2D eigenvalue weighted by Gasteiger charge is 2.16. The number of ether oxygens (including phenoxy) is 1. The number of rotatable bonds is 7. The molecule has 2 N–H and O–H groups in total. The topological polar surface area (TPSA) is 41.5 Å². The molecule has 3 aromatic rings. The Balaban J connectivity index is 2.28. The maximum Gasteiger partial charge on any atom is 0.121 e. The Kier molecular flexibility index (Phi) is 6.38. The van der Waals surface area contributed by atoms with Crippen LogP contribution in [0, 0.1) is 0 Å². The fourth-order valence-corrected chi connectivity index (χ4v) is 3.49. The molecular formula is C25H27NO2. The van der Waals surface area contributed by atoms with Crippen LogP contribution in [-0.2, 0) is 0 Å². The molecule has 0 fully saturated rings. The molecule has 0 saturated heterocycles. The second-order valence-electron chi connectivity index (χ2n) is 6.51. The molecule has 0 unspecified atom stereocenters. The first kappa shape index (κ1) is 19.6. The molecular weight excluding hydrogens is 346 g/mol. The van der Waals surface area contributed by atoms with E-state index in [0.717, 1.165) is 34.6 Å². The van der Waals surface area contributed by atoms with E-state index in [0.29, 0.717) is 6.61 Å². The number of anilines is 1. The van der Waals surface area contributed by atoms with Gasteiger partial charge in [-0.15, -0.1) is 0 Å². The van der Waals surface area contributed by atoms with Gasteiger partial charge >= 0.3 is 0 Å². The van der Waals surface area contributed by atoms with Crippen molar-refractivity contribution in [1.82, 2.24) is 0 Å². The predicted molar refractivity (Wildman–Crippen MR) is 118 cm³/mol. The number of benzene rings is 3. The zero-order valence-corrected chi connectivity index (χ0v) is 16.7. The van der Waals surface area contributed by atoms with Crippen LogP contribution in [0.2, 0.25) is 0 Å². The van der Waals surface area contributed by atoms with Gasteiger partial charge in [-0.05, 0) is 59.9 Å². The number of nitrogens with one attached hydrogen (secondary N) is 1. The van der Waals surface area contributed by atoms with Crippen LogP contribution in [0.25, 0.3) is 11.1 Å². The fourth-order valence-electron chi connectivity index (χ4n) is 3.49. The lowest BCUT2D eigenvalue weighted by Crippen LogP contribution is -2.01. The van der Waals surface area contributed by atoms with Gasteiger partial charge in [0.25, 0.3) is 0 Å². The number of phenolic OH excluding ortho intramolecular Hbond substituents is 1. The summed E-state index contributed by atoms with van der Waals surface area (Å²) in [5, 5.41) is 13.1. The van der Waals surface area contributed by atoms with E-state index < -0.39 is 0 Å². The normalized spacial score (nSPS) is 11.7. The second kappa shape index (κ2) is 9.14. The van der Waals surface area contributed by atoms with Gasteiger partial charge in [-0.2, -0.15) is 0 Å². The molecule has 0 spiro atoms. The highest BCUT2D eigenvalue weighted by atomic mass is 16.5. The average Bonchev–Trinajstić information content (AvgIpc) is 2.74. The van der Waals surface area contributed by atoms with E-state index in [1.165, 1.54) is 11.1 Å². The summed E-state index contributed by atoms with van der Waals surface area (Å²) in [7, 11) is 1.93. The smallest absolute Gasteiger partial charge is 0.121 e. The molecule has 0 aromatic heterocycles. The Morgan fingerprint density at radius 2 is 1.61 bits per heavy atom. The van der Waals surface area contributed by atoms with Gasteiger partial charge in [0.2, 0.25) is 0 Å². The summed E-state index contributed by atoms with van der Waals surface area (Å²) in [4.78, 5) is 0. The summed E-state index contributed by atoms with van der Waals surface area (Å²) in [6.45, 7) is 4.79. The van der Waals surface area contributed by atoms with Crippen LogP contribution in [0.1, 0.15) is 37.0 Å². The molecule has 0 aliphatic carbocycles. The highest BCUT2D eigenvalue weighted by molar-refractivity contribution is 6.01. The third-order valence-electron chi connectivity index (χ3n) is 4.77. The molecule has 3 nitrogen and oxygen atoms in total.